The van der Waals surface area contributed by atoms with Crippen molar-refractivity contribution in [2.24, 2.45) is 16.7 Å². The highest BCUT2D eigenvalue weighted by molar-refractivity contribution is 5.94. The number of hydrogen-bond acceptors (Lipinski definition) is 3. The van der Waals surface area contributed by atoms with Crippen molar-refractivity contribution in [2.45, 2.75) is 45.8 Å². The highest BCUT2D eigenvalue weighted by Gasteiger charge is 2.66. The quantitative estimate of drug-likeness (QED) is 0.867. The van der Waals surface area contributed by atoms with Crippen LogP contribution < -0.4 is 5.32 Å². The van der Waals surface area contributed by atoms with Crippen LogP contribution in [-0.4, -0.2) is 28.1 Å². The van der Waals surface area contributed by atoms with E-state index in [1.807, 2.05) is 0 Å². The number of aliphatic hydroxyl groups is 1. The number of aromatic nitrogens is 1. The molecule has 2 aliphatic rings. The number of hydrogen-bond donors (Lipinski definition) is 2. The standard InChI is InChI=1S/C16H22N2O2/c1-15(2)11-6-7-16(15,3)13(19)12(11)18-14(20)10-5-4-8-17-9-10/h4-5,8-9,11-13,19H,6-7H2,1-3H3,(H,18,20)/t11-,12-,13-,16+/m1/s1. The van der Waals surface area contributed by atoms with E-state index in [4.69, 9.17) is 0 Å². The lowest BCUT2D eigenvalue weighted by Crippen LogP contribution is -2.49. The topological polar surface area (TPSA) is 62.2 Å². The third kappa shape index (κ3) is 1.64. The van der Waals surface area contributed by atoms with Crippen molar-refractivity contribution in [3.05, 3.63) is 30.1 Å². The van der Waals surface area contributed by atoms with E-state index in [0.717, 1.165) is 12.8 Å². The number of amides is 1. The van der Waals surface area contributed by atoms with E-state index >= 15 is 0 Å². The zero-order chi connectivity index (χ0) is 14.5. The fourth-order valence-corrected chi connectivity index (χ4v) is 4.25. The van der Waals surface area contributed by atoms with Gasteiger partial charge in [-0.15, -0.1) is 0 Å². The molecule has 2 N–H and O–H groups in total. The molecule has 0 aliphatic heterocycles. The van der Waals surface area contributed by atoms with Crippen molar-refractivity contribution in [3.8, 4) is 0 Å². The van der Waals surface area contributed by atoms with Crippen LogP contribution in [0.4, 0.5) is 0 Å². The largest absolute Gasteiger partial charge is 0.390 e. The summed E-state index contributed by atoms with van der Waals surface area (Å²) in [5, 5.41) is 13.7. The molecule has 4 nitrogen and oxygen atoms in total. The summed E-state index contributed by atoms with van der Waals surface area (Å²) in [6.07, 6.45) is 4.83. The van der Waals surface area contributed by atoms with Crippen LogP contribution in [0.5, 0.6) is 0 Å². The predicted molar refractivity (Wildman–Crippen MR) is 76.1 cm³/mol. The minimum Gasteiger partial charge on any atom is -0.390 e. The van der Waals surface area contributed by atoms with E-state index in [1.54, 1.807) is 24.5 Å². The molecule has 2 aliphatic carbocycles. The Morgan fingerprint density at radius 3 is 2.75 bits per heavy atom. The molecule has 1 aromatic rings. The van der Waals surface area contributed by atoms with Gasteiger partial charge >= 0.3 is 0 Å². The number of rotatable bonds is 2. The van der Waals surface area contributed by atoms with Gasteiger partial charge in [0.2, 0.25) is 0 Å². The summed E-state index contributed by atoms with van der Waals surface area (Å²) in [5.74, 6) is 0.192. The minimum atomic E-state index is -0.475. The average molecular weight is 274 g/mol. The number of fused-ring (bicyclic) bond motifs is 2. The summed E-state index contributed by atoms with van der Waals surface area (Å²) in [5.41, 5.74) is 0.495. The summed E-state index contributed by atoms with van der Waals surface area (Å²) in [4.78, 5) is 16.2. The molecule has 0 aromatic carbocycles. The second-order valence-corrected chi connectivity index (χ2v) is 6.97. The Kier molecular flexibility index (Phi) is 2.91. The van der Waals surface area contributed by atoms with Gasteiger partial charge in [-0.3, -0.25) is 9.78 Å². The monoisotopic (exact) mass is 274 g/mol. The van der Waals surface area contributed by atoms with Crippen LogP contribution in [0.2, 0.25) is 0 Å². The first-order valence-corrected chi connectivity index (χ1v) is 7.27. The summed E-state index contributed by atoms with van der Waals surface area (Å²) in [7, 11) is 0. The number of nitrogens with one attached hydrogen (secondary N) is 1. The molecule has 0 radical (unpaired) electrons. The molecule has 2 fully saturated rings. The molecule has 4 heteroatoms. The van der Waals surface area contributed by atoms with Gasteiger partial charge in [-0.25, -0.2) is 0 Å². The van der Waals surface area contributed by atoms with Gasteiger partial charge in [0.05, 0.1) is 17.7 Å². The molecule has 1 aromatic heterocycles. The summed E-state index contributed by atoms with van der Waals surface area (Å²) >= 11 is 0. The van der Waals surface area contributed by atoms with E-state index in [0.29, 0.717) is 11.5 Å². The molecule has 2 bridgehead atoms. The zero-order valence-corrected chi connectivity index (χ0v) is 12.3. The van der Waals surface area contributed by atoms with E-state index in [1.165, 1.54) is 0 Å². The molecule has 1 heterocycles. The van der Waals surface area contributed by atoms with Crippen LogP contribution in [0.3, 0.4) is 0 Å². The van der Waals surface area contributed by atoms with Crippen molar-refractivity contribution >= 4 is 5.91 Å². The van der Waals surface area contributed by atoms with Crippen LogP contribution in [0.15, 0.2) is 24.5 Å². The Morgan fingerprint density at radius 1 is 1.45 bits per heavy atom. The van der Waals surface area contributed by atoms with Gasteiger partial charge in [0.1, 0.15) is 0 Å². The highest BCUT2D eigenvalue weighted by Crippen LogP contribution is 2.65. The molecule has 4 atom stereocenters. The second kappa shape index (κ2) is 4.29. The van der Waals surface area contributed by atoms with Gasteiger partial charge in [-0.1, -0.05) is 20.8 Å². The molecule has 2 saturated carbocycles. The van der Waals surface area contributed by atoms with Crippen LogP contribution in [-0.2, 0) is 0 Å². The Bertz CT molecular complexity index is 529. The molecule has 108 valence electrons. The Balaban J connectivity index is 1.82. The van der Waals surface area contributed by atoms with Crippen molar-refractivity contribution in [1.82, 2.24) is 10.3 Å². The lowest BCUT2D eigenvalue weighted by Gasteiger charge is -2.37. The molecule has 3 rings (SSSR count). The second-order valence-electron chi connectivity index (χ2n) is 6.97. The summed E-state index contributed by atoms with van der Waals surface area (Å²) in [6.45, 7) is 6.57. The first kappa shape index (κ1) is 13.6. The maximum absolute atomic E-state index is 12.3. The SMILES string of the molecule is CC1(C)[C@@H]2CC[C@@]1(C)[C@H](O)[C@@H]2NC(=O)c1cccnc1. The van der Waals surface area contributed by atoms with Gasteiger partial charge < -0.3 is 10.4 Å². The van der Waals surface area contributed by atoms with Crippen LogP contribution in [0, 0.1) is 16.7 Å². The fourth-order valence-electron chi connectivity index (χ4n) is 4.25. The first-order valence-electron chi connectivity index (χ1n) is 7.27. The van der Waals surface area contributed by atoms with Crippen LogP contribution in [0.25, 0.3) is 0 Å². The van der Waals surface area contributed by atoms with E-state index in [2.05, 4.69) is 31.1 Å². The zero-order valence-electron chi connectivity index (χ0n) is 12.3. The van der Waals surface area contributed by atoms with E-state index in [-0.39, 0.29) is 22.8 Å². The lowest BCUT2D eigenvalue weighted by molar-refractivity contribution is 0.000493. The summed E-state index contributed by atoms with van der Waals surface area (Å²) < 4.78 is 0. The number of carbonyl (C=O) groups excluding carboxylic acids is 1. The molecule has 0 spiro atoms. The molecule has 20 heavy (non-hydrogen) atoms. The summed E-state index contributed by atoms with van der Waals surface area (Å²) in [6, 6.07) is 3.34. The van der Waals surface area contributed by atoms with Gasteiger partial charge in [0, 0.05) is 17.8 Å². The highest BCUT2D eigenvalue weighted by atomic mass is 16.3. The molecule has 0 saturated heterocycles. The maximum atomic E-state index is 12.3. The lowest BCUT2D eigenvalue weighted by atomic mass is 9.70. The Hall–Kier alpha value is -1.42. The van der Waals surface area contributed by atoms with E-state index in [9.17, 15) is 9.90 Å². The number of carbonyl (C=O) groups is 1. The van der Waals surface area contributed by atoms with Gasteiger partial charge in [-0.2, -0.15) is 0 Å². The first-order chi connectivity index (χ1) is 9.38. The molecule has 1 amide bonds. The van der Waals surface area contributed by atoms with Gasteiger partial charge in [-0.05, 0) is 36.3 Å². The fraction of sp³-hybridized carbons (Fsp3) is 0.625. The predicted octanol–water partition coefficient (Wildman–Crippen LogP) is 2.00. The molecular weight excluding hydrogens is 252 g/mol. The van der Waals surface area contributed by atoms with Gasteiger partial charge in [0.25, 0.3) is 5.91 Å². The third-order valence-electron chi connectivity index (χ3n) is 6.02. The smallest absolute Gasteiger partial charge is 0.253 e. The molecule has 0 unspecified atom stereocenters. The Morgan fingerprint density at radius 2 is 2.20 bits per heavy atom. The third-order valence-corrected chi connectivity index (χ3v) is 6.02. The van der Waals surface area contributed by atoms with Crippen molar-refractivity contribution in [3.63, 3.8) is 0 Å². The van der Waals surface area contributed by atoms with Crippen molar-refractivity contribution in [1.29, 1.82) is 0 Å². The van der Waals surface area contributed by atoms with Crippen LogP contribution >= 0.6 is 0 Å². The average Bonchev–Trinajstić information content (AvgIpc) is 2.74. The minimum absolute atomic E-state index is 0.0549. The maximum Gasteiger partial charge on any atom is 0.253 e. The molecular formula is C16H22N2O2. The Labute approximate surface area is 119 Å². The number of aliphatic hydroxyl groups excluding tert-OH is 1. The van der Waals surface area contributed by atoms with Gasteiger partial charge in [0.15, 0.2) is 0 Å². The van der Waals surface area contributed by atoms with Crippen LogP contribution in [0.1, 0.15) is 44.0 Å². The number of pyridine rings is 1. The number of nitrogens with zero attached hydrogens (tertiary/aromatic N) is 1. The van der Waals surface area contributed by atoms with E-state index < -0.39 is 6.10 Å². The normalized spacial score (nSPS) is 37.9. The van der Waals surface area contributed by atoms with Crippen molar-refractivity contribution in [2.75, 3.05) is 0 Å². The van der Waals surface area contributed by atoms with Crippen molar-refractivity contribution < 1.29 is 9.90 Å².